The number of benzene rings is 1. The topological polar surface area (TPSA) is 46.3 Å². The van der Waals surface area contributed by atoms with E-state index in [0.29, 0.717) is 6.42 Å². The van der Waals surface area contributed by atoms with Gasteiger partial charge in [0.2, 0.25) is 5.91 Å². The third-order valence-corrected chi connectivity index (χ3v) is 2.84. The van der Waals surface area contributed by atoms with Crippen molar-refractivity contribution in [2.45, 2.75) is 18.5 Å². The van der Waals surface area contributed by atoms with Crippen molar-refractivity contribution >= 4 is 18.3 Å². The van der Waals surface area contributed by atoms with E-state index in [9.17, 15) is 9.18 Å². The van der Waals surface area contributed by atoms with Gasteiger partial charge in [0.25, 0.3) is 0 Å². The monoisotopic (exact) mass is 244 g/mol. The molecule has 0 spiro atoms. The molecule has 1 fully saturated rings. The fourth-order valence-electron chi connectivity index (χ4n) is 2.03. The molecule has 1 amide bonds. The van der Waals surface area contributed by atoms with Gasteiger partial charge in [0.05, 0.1) is 6.04 Å². The van der Waals surface area contributed by atoms with Crippen molar-refractivity contribution in [2.24, 2.45) is 5.73 Å². The van der Waals surface area contributed by atoms with Gasteiger partial charge in [-0.1, -0.05) is 12.1 Å². The van der Waals surface area contributed by atoms with E-state index in [4.69, 9.17) is 5.73 Å². The SMILES string of the molecule is CN1C(=O)CC(N)C1c1ccc(F)cc1.Cl. The van der Waals surface area contributed by atoms with Crippen molar-refractivity contribution in [3.8, 4) is 0 Å². The molecule has 0 aromatic heterocycles. The van der Waals surface area contributed by atoms with Crippen molar-refractivity contribution in [3.05, 3.63) is 35.6 Å². The number of hydrogen-bond acceptors (Lipinski definition) is 2. The number of amides is 1. The Morgan fingerprint density at radius 2 is 1.94 bits per heavy atom. The summed E-state index contributed by atoms with van der Waals surface area (Å²) in [6, 6.07) is 5.80. The number of halogens is 2. The van der Waals surface area contributed by atoms with E-state index < -0.39 is 0 Å². The summed E-state index contributed by atoms with van der Waals surface area (Å²) >= 11 is 0. The van der Waals surface area contributed by atoms with Gasteiger partial charge in [0.15, 0.2) is 0 Å². The molecule has 1 aliphatic rings. The lowest BCUT2D eigenvalue weighted by Gasteiger charge is -2.23. The van der Waals surface area contributed by atoms with Crippen LogP contribution < -0.4 is 5.73 Å². The Hall–Kier alpha value is -1.13. The van der Waals surface area contributed by atoms with Crippen LogP contribution in [0.2, 0.25) is 0 Å². The highest BCUT2D eigenvalue weighted by molar-refractivity contribution is 5.85. The van der Waals surface area contributed by atoms with Crippen LogP contribution in [0.4, 0.5) is 4.39 Å². The van der Waals surface area contributed by atoms with Crippen molar-refractivity contribution in [2.75, 3.05) is 7.05 Å². The number of likely N-dealkylation sites (tertiary alicyclic amines) is 1. The van der Waals surface area contributed by atoms with Gasteiger partial charge in [-0.25, -0.2) is 4.39 Å². The van der Waals surface area contributed by atoms with Crippen LogP contribution in [-0.4, -0.2) is 23.9 Å². The first-order chi connectivity index (χ1) is 7.09. The van der Waals surface area contributed by atoms with Crippen molar-refractivity contribution in [3.63, 3.8) is 0 Å². The van der Waals surface area contributed by atoms with Crippen molar-refractivity contribution < 1.29 is 9.18 Å². The summed E-state index contributed by atoms with van der Waals surface area (Å²) in [6.45, 7) is 0. The van der Waals surface area contributed by atoms with Crippen molar-refractivity contribution in [1.82, 2.24) is 4.90 Å². The molecule has 5 heteroatoms. The summed E-state index contributed by atoms with van der Waals surface area (Å²) < 4.78 is 12.7. The molecule has 1 heterocycles. The molecule has 2 N–H and O–H groups in total. The lowest BCUT2D eigenvalue weighted by Crippen LogP contribution is -2.30. The molecule has 88 valence electrons. The second-order valence-corrected chi connectivity index (χ2v) is 3.87. The van der Waals surface area contributed by atoms with Crippen LogP contribution in [0.3, 0.4) is 0 Å². The molecule has 0 saturated carbocycles. The first kappa shape index (κ1) is 12.9. The molecule has 1 saturated heterocycles. The fraction of sp³-hybridized carbons (Fsp3) is 0.364. The minimum absolute atomic E-state index is 0. The first-order valence-electron chi connectivity index (χ1n) is 4.86. The molecule has 3 nitrogen and oxygen atoms in total. The number of likely N-dealkylation sites (N-methyl/N-ethyl adjacent to an activating group) is 1. The molecule has 1 aromatic carbocycles. The molecule has 1 aliphatic heterocycles. The molecule has 2 unspecified atom stereocenters. The van der Waals surface area contributed by atoms with Gasteiger partial charge in [-0.3, -0.25) is 4.79 Å². The molecule has 2 rings (SSSR count). The van der Waals surface area contributed by atoms with E-state index in [1.165, 1.54) is 12.1 Å². The molecule has 16 heavy (non-hydrogen) atoms. The second-order valence-electron chi connectivity index (χ2n) is 3.87. The van der Waals surface area contributed by atoms with E-state index >= 15 is 0 Å². The number of nitrogens with zero attached hydrogens (tertiary/aromatic N) is 1. The summed E-state index contributed by atoms with van der Waals surface area (Å²) in [7, 11) is 1.73. The van der Waals surface area contributed by atoms with Crippen LogP contribution in [0.25, 0.3) is 0 Å². The minimum atomic E-state index is -0.278. The van der Waals surface area contributed by atoms with Crippen LogP contribution >= 0.6 is 12.4 Å². The highest BCUT2D eigenvalue weighted by atomic mass is 35.5. The molecule has 2 atom stereocenters. The Balaban J connectivity index is 0.00000128. The van der Waals surface area contributed by atoms with Gasteiger partial charge < -0.3 is 10.6 Å². The lowest BCUT2D eigenvalue weighted by molar-refractivity contribution is -0.127. The van der Waals surface area contributed by atoms with Gasteiger partial charge in [-0.2, -0.15) is 0 Å². The van der Waals surface area contributed by atoms with Crippen LogP contribution in [0.15, 0.2) is 24.3 Å². The van der Waals surface area contributed by atoms with E-state index in [-0.39, 0.29) is 36.2 Å². The largest absolute Gasteiger partial charge is 0.337 e. The fourth-order valence-corrected chi connectivity index (χ4v) is 2.03. The standard InChI is InChI=1S/C11H13FN2O.ClH/c1-14-10(15)6-9(13)11(14)7-2-4-8(12)5-3-7;/h2-5,9,11H,6,13H2,1H3;1H. The molecule has 0 radical (unpaired) electrons. The van der Waals surface area contributed by atoms with Gasteiger partial charge >= 0.3 is 0 Å². The van der Waals surface area contributed by atoms with E-state index in [1.54, 1.807) is 24.1 Å². The smallest absolute Gasteiger partial charge is 0.224 e. The van der Waals surface area contributed by atoms with Gasteiger partial charge in [-0.15, -0.1) is 12.4 Å². The lowest BCUT2D eigenvalue weighted by atomic mass is 10.0. The Bertz CT molecular complexity index is 382. The van der Waals surface area contributed by atoms with Crippen LogP contribution in [0, 0.1) is 5.82 Å². The summed E-state index contributed by atoms with van der Waals surface area (Å²) in [5.74, 6) is -0.240. The Morgan fingerprint density at radius 3 is 2.38 bits per heavy atom. The van der Waals surface area contributed by atoms with E-state index in [2.05, 4.69) is 0 Å². The van der Waals surface area contributed by atoms with E-state index in [1.807, 2.05) is 0 Å². The Kier molecular flexibility index (Phi) is 3.88. The normalized spacial score (nSPS) is 24.4. The number of hydrogen-bond donors (Lipinski definition) is 1. The predicted octanol–water partition coefficient (Wildman–Crippen LogP) is 1.48. The predicted molar refractivity (Wildman–Crippen MR) is 61.8 cm³/mol. The van der Waals surface area contributed by atoms with Crippen molar-refractivity contribution in [1.29, 1.82) is 0 Å². The Morgan fingerprint density at radius 1 is 1.38 bits per heavy atom. The van der Waals surface area contributed by atoms with Gasteiger partial charge in [0, 0.05) is 19.5 Å². The minimum Gasteiger partial charge on any atom is -0.337 e. The average Bonchev–Trinajstić information content (AvgIpc) is 2.44. The maximum absolute atomic E-state index is 12.7. The molecule has 1 aromatic rings. The highest BCUT2D eigenvalue weighted by Gasteiger charge is 2.35. The van der Waals surface area contributed by atoms with E-state index in [0.717, 1.165) is 5.56 Å². The van der Waals surface area contributed by atoms with Crippen LogP contribution in [-0.2, 0) is 4.79 Å². The van der Waals surface area contributed by atoms with Gasteiger partial charge in [-0.05, 0) is 17.7 Å². The zero-order valence-electron chi connectivity index (χ0n) is 8.89. The molecular weight excluding hydrogens is 231 g/mol. The highest BCUT2D eigenvalue weighted by Crippen LogP contribution is 2.30. The summed E-state index contributed by atoms with van der Waals surface area (Å²) in [5.41, 5.74) is 6.76. The number of carbonyl (C=O) groups is 1. The summed E-state index contributed by atoms with van der Waals surface area (Å²) in [5, 5.41) is 0. The molecule has 0 bridgehead atoms. The van der Waals surface area contributed by atoms with Crippen LogP contribution in [0.5, 0.6) is 0 Å². The average molecular weight is 245 g/mol. The maximum atomic E-state index is 12.7. The third kappa shape index (κ3) is 2.18. The quantitative estimate of drug-likeness (QED) is 0.813. The third-order valence-electron chi connectivity index (χ3n) is 2.84. The summed E-state index contributed by atoms with van der Waals surface area (Å²) in [4.78, 5) is 13.0. The summed E-state index contributed by atoms with van der Waals surface area (Å²) in [6.07, 6.45) is 0.360. The van der Waals surface area contributed by atoms with Gasteiger partial charge in [0.1, 0.15) is 5.82 Å². The maximum Gasteiger partial charge on any atom is 0.224 e. The zero-order chi connectivity index (χ0) is 11.0. The second kappa shape index (κ2) is 4.80. The first-order valence-corrected chi connectivity index (χ1v) is 4.86. The molecular formula is C11H14ClFN2O. The number of carbonyl (C=O) groups excluding carboxylic acids is 1. The zero-order valence-corrected chi connectivity index (χ0v) is 9.71. The molecule has 0 aliphatic carbocycles. The number of rotatable bonds is 1. The Labute approximate surface area is 99.8 Å². The number of nitrogens with two attached hydrogens (primary N) is 1. The van der Waals surface area contributed by atoms with Crippen LogP contribution in [0.1, 0.15) is 18.0 Å².